The molecular formula is C8H7N7S2. The van der Waals surface area contributed by atoms with Crippen LogP contribution in [0.1, 0.15) is 0 Å². The molecule has 3 heterocycles. The first-order valence-corrected chi connectivity index (χ1v) is 6.72. The Morgan fingerprint density at radius 2 is 2.24 bits per heavy atom. The quantitative estimate of drug-likeness (QED) is 0.689. The summed E-state index contributed by atoms with van der Waals surface area (Å²) in [5, 5.41) is 7.40. The molecular weight excluding hydrogens is 258 g/mol. The van der Waals surface area contributed by atoms with Gasteiger partial charge in [-0.2, -0.15) is 19.5 Å². The molecule has 0 aliphatic heterocycles. The highest BCUT2D eigenvalue weighted by molar-refractivity contribution is 7.98. The van der Waals surface area contributed by atoms with Gasteiger partial charge in [0.05, 0.1) is 0 Å². The highest BCUT2D eigenvalue weighted by atomic mass is 32.2. The molecule has 2 N–H and O–H groups in total. The van der Waals surface area contributed by atoms with Gasteiger partial charge in [-0.25, -0.2) is 4.98 Å². The Morgan fingerprint density at radius 1 is 1.35 bits per heavy atom. The van der Waals surface area contributed by atoms with Crippen LogP contribution in [0.25, 0.3) is 16.6 Å². The number of nitrogens with two attached hydrogens (primary N) is 1. The molecule has 86 valence electrons. The summed E-state index contributed by atoms with van der Waals surface area (Å²) >= 11 is 2.87. The predicted octanol–water partition coefficient (Wildman–Crippen LogP) is 0.947. The molecule has 7 nitrogen and oxygen atoms in total. The molecule has 0 aromatic carbocycles. The van der Waals surface area contributed by atoms with E-state index in [1.165, 1.54) is 27.6 Å². The van der Waals surface area contributed by atoms with Crippen LogP contribution < -0.4 is 5.73 Å². The lowest BCUT2D eigenvalue weighted by atomic mass is 10.6. The van der Waals surface area contributed by atoms with Crippen LogP contribution in [0.2, 0.25) is 0 Å². The van der Waals surface area contributed by atoms with Gasteiger partial charge in [0.1, 0.15) is 0 Å². The lowest BCUT2D eigenvalue weighted by molar-refractivity contribution is 0.851. The average Bonchev–Trinajstić information content (AvgIpc) is 2.96. The summed E-state index contributed by atoms with van der Waals surface area (Å²) in [5.74, 6) is 1.22. The third-order valence-electron chi connectivity index (χ3n) is 2.02. The predicted molar refractivity (Wildman–Crippen MR) is 65.9 cm³/mol. The number of fused-ring (bicyclic) bond motifs is 1. The number of rotatable bonds is 2. The van der Waals surface area contributed by atoms with E-state index in [0.717, 1.165) is 5.01 Å². The van der Waals surface area contributed by atoms with Gasteiger partial charge >= 0.3 is 0 Å². The number of anilines is 1. The van der Waals surface area contributed by atoms with Crippen LogP contribution in [-0.2, 0) is 0 Å². The van der Waals surface area contributed by atoms with E-state index < -0.39 is 0 Å². The summed E-state index contributed by atoms with van der Waals surface area (Å²) < 4.78 is 1.41. The number of hydrogen-bond acceptors (Lipinski definition) is 8. The molecule has 0 radical (unpaired) electrons. The van der Waals surface area contributed by atoms with Crippen molar-refractivity contribution in [1.82, 2.24) is 29.5 Å². The fourth-order valence-electron chi connectivity index (χ4n) is 1.30. The van der Waals surface area contributed by atoms with Crippen molar-refractivity contribution < 1.29 is 0 Å². The summed E-state index contributed by atoms with van der Waals surface area (Å²) in [6, 6.07) is 0. The van der Waals surface area contributed by atoms with Gasteiger partial charge in [-0.15, -0.1) is 16.4 Å². The fraction of sp³-hybridized carbons (Fsp3) is 0.125. The van der Waals surface area contributed by atoms with Gasteiger partial charge in [0.25, 0.3) is 5.78 Å². The smallest absolute Gasteiger partial charge is 0.258 e. The molecule has 0 saturated carbocycles. The first-order valence-electron chi connectivity index (χ1n) is 4.62. The SMILES string of the molecule is CSc1nc(N)n2nc(-c3nccs3)nc2n1. The largest absolute Gasteiger partial charge is 0.368 e. The fourth-order valence-corrected chi connectivity index (χ4v) is 2.22. The molecule has 9 heteroatoms. The third-order valence-corrected chi connectivity index (χ3v) is 3.34. The minimum Gasteiger partial charge on any atom is -0.368 e. The van der Waals surface area contributed by atoms with Crippen molar-refractivity contribution in [3.05, 3.63) is 11.6 Å². The molecule has 3 aromatic rings. The second-order valence-electron chi connectivity index (χ2n) is 3.05. The standard InChI is InChI=1S/C8H7N7S2/c1-16-8-12-6(9)15-7(13-8)11-4(14-15)5-10-2-3-17-5/h2-3H,1H3,(H2,9,11,12,13,14). The van der Waals surface area contributed by atoms with Crippen LogP contribution in [0.4, 0.5) is 5.95 Å². The van der Waals surface area contributed by atoms with Crippen molar-refractivity contribution >= 4 is 34.8 Å². The molecule has 0 bridgehead atoms. The lowest BCUT2D eigenvalue weighted by Gasteiger charge is -1.97. The third kappa shape index (κ3) is 1.72. The number of nitrogen functional groups attached to an aromatic ring is 1. The van der Waals surface area contributed by atoms with E-state index in [4.69, 9.17) is 5.73 Å². The van der Waals surface area contributed by atoms with Crippen molar-refractivity contribution in [3.63, 3.8) is 0 Å². The average molecular weight is 265 g/mol. The van der Waals surface area contributed by atoms with E-state index in [9.17, 15) is 0 Å². The second kappa shape index (κ2) is 3.93. The van der Waals surface area contributed by atoms with E-state index >= 15 is 0 Å². The Hall–Kier alpha value is -1.74. The van der Waals surface area contributed by atoms with E-state index in [1.54, 1.807) is 6.20 Å². The Labute approximate surface area is 104 Å². The van der Waals surface area contributed by atoms with Crippen LogP contribution in [0, 0.1) is 0 Å². The van der Waals surface area contributed by atoms with Crippen LogP contribution in [0.5, 0.6) is 0 Å². The molecule has 3 aromatic heterocycles. The van der Waals surface area contributed by atoms with E-state index in [0.29, 0.717) is 16.8 Å². The van der Waals surface area contributed by atoms with Gasteiger partial charge in [0.2, 0.25) is 11.8 Å². The van der Waals surface area contributed by atoms with E-state index in [1.807, 2.05) is 11.6 Å². The minimum atomic E-state index is 0.273. The molecule has 0 atom stereocenters. The number of aromatic nitrogens is 6. The summed E-state index contributed by atoms with van der Waals surface area (Å²) in [5.41, 5.74) is 5.78. The van der Waals surface area contributed by atoms with E-state index in [-0.39, 0.29) is 5.95 Å². The molecule has 0 unspecified atom stereocenters. The highest BCUT2D eigenvalue weighted by Crippen LogP contribution is 2.19. The number of thioether (sulfide) groups is 1. The van der Waals surface area contributed by atoms with Gasteiger partial charge in [0, 0.05) is 11.6 Å². The maximum absolute atomic E-state index is 5.78. The molecule has 0 fully saturated rings. The first kappa shape index (κ1) is 10.4. The Balaban J connectivity index is 2.22. The van der Waals surface area contributed by atoms with Crippen molar-refractivity contribution in [2.24, 2.45) is 0 Å². The van der Waals surface area contributed by atoms with E-state index in [2.05, 4.69) is 25.0 Å². The van der Waals surface area contributed by atoms with Gasteiger partial charge in [-0.1, -0.05) is 11.8 Å². The van der Waals surface area contributed by atoms with Crippen LogP contribution in [0.3, 0.4) is 0 Å². The van der Waals surface area contributed by atoms with Crippen LogP contribution in [-0.4, -0.2) is 35.8 Å². The van der Waals surface area contributed by atoms with Crippen LogP contribution >= 0.6 is 23.1 Å². The van der Waals surface area contributed by atoms with Gasteiger partial charge in [0.15, 0.2) is 10.2 Å². The molecule has 0 amide bonds. The molecule has 3 rings (SSSR count). The van der Waals surface area contributed by atoms with Crippen LogP contribution in [0.15, 0.2) is 16.7 Å². The van der Waals surface area contributed by atoms with Crippen molar-refractivity contribution in [1.29, 1.82) is 0 Å². The Morgan fingerprint density at radius 3 is 2.94 bits per heavy atom. The molecule has 17 heavy (non-hydrogen) atoms. The van der Waals surface area contributed by atoms with Gasteiger partial charge in [-0.05, 0) is 6.26 Å². The summed E-state index contributed by atoms with van der Waals surface area (Å²) in [6.07, 6.45) is 3.58. The van der Waals surface area contributed by atoms with Gasteiger partial charge in [-0.3, -0.25) is 0 Å². The first-order chi connectivity index (χ1) is 8.28. The molecule has 0 aliphatic rings. The Bertz CT molecular complexity index is 660. The zero-order valence-electron chi connectivity index (χ0n) is 8.73. The normalized spacial score (nSPS) is 11.1. The molecule has 0 spiro atoms. The summed E-state index contributed by atoms with van der Waals surface area (Å²) in [4.78, 5) is 16.7. The minimum absolute atomic E-state index is 0.273. The van der Waals surface area contributed by atoms with Crippen molar-refractivity contribution in [3.8, 4) is 10.8 Å². The lowest BCUT2D eigenvalue weighted by Crippen LogP contribution is -2.04. The zero-order valence-corrected chi connectivity index (χ0v) is 10.4. The summed E-state index contributed by atoms with van der Waals surface area (Å²) in [7, 11) is 0. The zero-order chi connectivity index (χ0) is 11.8. The monoisotopic (exact) mass is 265 g/mol. The maximum Gasteiger partial charge on any atom is 0.258 e. The summed E-state index contributed by atoms with van der Waals surface area (Å²) in [6.45, 7) is 0. The number of thiazole rings is 1. The topological polar surface area (TPSA) is 94.9 Å². The maximum atomic E-state index is 5.78. The number of hydrogen-bond donors (Lipinski definition) is 1. The number of nitrogens with zero attached hydrogens (tertiary/aromatic N) is 6. The van der Waals surface area contributed by atoms with Crippen molar-refractivity contribution in [2.75, 3.05) is 12.0 Å². The molecule has 0 aliphatic carbocycles. The molecule has 0 saturated heterocycles. The highest BCUT2D eigenvalue weighted by Gasteiger charge is 2.12. The van der Waals surface area contributed by atoms with Crippen molar-refractivity contribution in [2.45, 2.75) is 5.16 Å². The van der Waals surface area contributed by atoms with Gasteiger partial charge < -0.3 is 5.73 Å². The Kier molecular flexibility index (Phi) is 2.41. The second-order valence-corrected chi connectivity index (χ2v) is 4.72.